The minimum Gasteiger partial charge on any atom is -0.341 e. The Morgan fingerprint density at radius 3 is 2.57 bits per heavy atom. The third-order valence-corrected chi connectivity index (χ3v) is 5.92. The number of likely N-dealkylation sites (tertiary alicyclic amines) is 1. The molecule has 4 nitrogen and oxygen atoms in total. The molecule has 28 heavy (non-hydrogen) atoms. The molecular weight excluding hydrogens is 387 g/mol. The number of rotatable bonds is 5. The summed E-state index contributed by atoms with van der Waals surface area (Å²) in [7, 11) is 1.58. The minimum atomic E-state index is -4.42. The Balaban J connectivity index is 1.55. The summed E-state index contributed by atoms with van der Waals surface area (Å²) in [5, 5.41) is 3.10. The third kappa shape index (κ3) is 5.11. The van der Waals surface area contributed by atoms with Gasteiger partial charge < -0.3 is 4.90 Å². The number of hydrogen-bond acceptors (Lipinski definition) is 4. The molecule has 0 radical (unpaired) electrons. The van der Waals surface area contributed by atoms with Gasteiger partial charge in [-0.05, 0) is 44.5 Å². The molecule has 1 aromatic carbocycles. The van der Waals surface area contributed by atoms with E-state index in [1.807, 2.05) is 6.92 Å². The predicted molar refractivity (Wildman–Crippen MR) is 103 cm³/mol. The highest BCUT2D eigenvalue weighted by molar-refractivity contribution is 7.09. The average Bonchev–Trinajstić information content (AvgIpc) is 3.06. The van der Waals surface area contributed by atoms with Gasteiger partial charge in [0, 0.05) is 31.4 Å². The van der Waals surface area contributed by atoms with Crippen molar-refractivity contribution in [3.63, 3.8) is 0 Å². The maximum absolute atomic E-state index is 13.2. The zero-order valence-electron chi connectivity index (χ0n) is 16.0. The first-order chi connectivity index (χ1) is 13.2. The molecule has 1 aliphatic heterocycles. The lowest BCUT2D eigenvalue weighted by atomic mass is 9.95. The number of piperidine rings is 1. The molecule has 0 saturated carbocycles. The molecule has 152 valence electrons. The van der Waals surface area contributed by atoms with Crippen LogP contribution in [0.15, 0.2) is 29.6 Å². The van der Waals surface area contributed by atoms with Crippen molar-refractivity contribution < 1.29 is 18.0 Å². The topological polar surface area (TPSA) is 36.4 Å². The molecule has 0 atom stereocenters. The highest BCUT2D eigenvalue weighted by Crippen LogP contribution is 2.32. The fraction of sp³-hybridized carbons (Fsp3) is 0.500. The average molecular weight is 411 g/mol. The van der Waals surface area contributed by atoms with Crippen LogP contribution in [-0.2, 0) is 24.1 Å². The van der Waals surface area contributed by atoms with Crippen LogP contribution in [0.2, 0.25) is 0 Å². The molecule has 0 N–H and O–H groups in total. The van der Waals surface area contributed by atoms with Crippen molar-refractivity contribution in [3.8, 4) is 0 Å². The van der Waals surface area contributed by atoms with Gasteiger partial charge in [-0.3, -0.25) is 9.69 Å². The van der Waals surface area contributed by atoms with E-state index in [1.165, 1.54) is 17.0 Å². The number of thiazole rings is 1. The molecule has 1 saturated heterocycles. The second kappa shape index (κ2) is 8.61. The van der Waals surface area contributed by atoms with Crippen LogP contribution < -0.4 is 0 Å². The number of amides is 1. The highest BCUT2D eigenvalue weighted by Gasteiger charge is 2.34. The lowest BCUT2D eigenvalue weighted by Crippen LogP contribution is -2.41. The number of hydrogen-bond donors (Lipinski definition) is 0. The van der Waals surface area contributed by atoms with Crippen LogP contribution >= 0.6 is 11.3 Å². The monoisotopic (exact) mass is 411 g/mol. The molecular formula is C20H24F3N3OS. The number of aromatic nitrogens is 1. The number of carbonyl (C=O) groups is 1. The zero-order valence-corrected chi connectivity index (χ0v) is 16.8. The van der Waals surface area contributed by atoms with Crippen LogP contribution in [-0.4, -0.2) is 40.8 Å². The number of aryl methyl sites for hydroxylation is 1. The molecule has 2 aromatic rings. The van der Waals surface area contributed by atoms with E-state index in [0.717, 1.165) is 36.4 Å². The molecule has 0 aliphatic carbocycles. The van der Waals surface area contributed by atoms with Gasteiger partial charge in [-0.25, -0.2) is 4.98 Å². The first-order valence-electron chi connectivity index (χ1n) is 9.27. The Hall–Kier alpha value is -1.93. The summed E-state index contributed by atoms with van der Waals surface area (Å²) < 4.78 is 39.5. The van der Waals surface area contributed by atoms with Gasteiger partial charge >= 0.3 is 6.18 Å². The number of carbonyl (C=O) groups excluding carboxylic acids is 1. The molecule has 1 fully saturated rings. The zero-order chi connectivity index (χ0) is 20.3. The Morgan fingerprint density at radius 2 is 1.96 bits per heavy atom. The van der Waals surface area contributed by atoms with E-state index in [4.69, 9.17) is 0 Å². The Bertz CT molecular complexity index is 813. The highest BCUT2D eigenvalue weighted by atomic mass is 32.1. The van der Waals surface area contributed by atoms with Crippen molar-refractivity contribution in [2.24, 2.45) is 5.92 Å². The quantitative estimate of drug-likeness (QED) is 0.734. The predicted octanol–water partition coefficient (Wildman–Crippen LogP) is 4.34. The minimum absolute atomic E-state index is 0.0349. The molecule has 3 rings (SSSR count). The van der Waals surface area contributed by atoms with Crippen molar-refractivity contribution in [3.05, 3.63) is 51.5 Å². The summed E-state index contributed by atoms with van der Waals surface area (Å²) in [6, 6.07) is 5.44. The van der Waals surface area contributed by atoms with Gasteiger partial charge in [-0.15, -0.1) is 11.3 Å². The smallest absolute Gasteiger partial charge is 0.341 e. The summed E-state index contributed by atoms with van der Waals surface area (Å²) in [6.07, 6.45) is -2.99. The first-order valence-corrected chi connectivity index (χ1v) is 10.2. The molecule has 0 unspecified atom stereocenters. The van der Waals surface area contributed by atoms with Crippen LogP contribution in [0.4, 0.5) is 13.2 Å². The van der Waals surface area contributed by atoms with Crippen molar-refractivity contribution in [1.82, 2.24) is 14.8 Å². The van der Waals surface area contributed by atoms with E-state index in [2.05, 4.69) is 15.3 Å². The maximum Gasteiger partial charge on any atom is 0.416 e. The third-order valence-electron chi connectivity index (χ3n) is 5.10. The van der Waals surface area contributed by atoms with Crippen LogP contribution in [0.5, 0.6) is 0 Å². The summed E-state index contributed by atoms with van der Waals surface area (Å²) in [4.78, 5) is 20.9. The van der Waals surface area contributed by atoms with Crippen LogP contribution in [0.25, 0.3) is 0 Å². The van der Waals surface area contributed by atoms with Gasteiger partial charge in [0.25, 0.3) is 0 Å². The van der Waals surface area contributed by atoms with Gasteiger partial charge in [0.05, 0.1) is 16.3 Å². The van der Waals surface area contributed by atoms with Gasteiger partial charge in [-0.2, -0.15) is 13.2 Å². The molecule has 0 spiro atoms. The van der Waals surface area contributed by atoms with E-state index < -0.39 is 11.7 Å². The van der Waals surface area contributed by atoms with Crippen molar-refractivity contribution in [2.45, 2.75) is 39.0 Å². The number of nitrogens with zero attached hydrogens (tertiary/aromatic N) is 3. The molecule has 2 heterocycles. The Morgan fingerprint density at radius 1 is 1.29 bits per heavy atom. The van der Waals surface area contributed by atoms with Crippen molar-refractivity contribution >= 4 is 17.2 Å². The summed E-state index contributed by atoms with van der Waals surface area (Å²) in [5.41, 5.74) is 0.498. The molecule has 1 amide bonds. The summed E-state index contributed by atoms with van der Waals surface area (Å²) >= 11 is 1.63. The normalized spacial score (nSPS) is 16.3. The fourth-order valence-electron chi connectivity index (χ4n) is 3.63. The van der Waals surface area contributed by atoms with Crippen molar-refractivity contribution in [2.75, 3.05) is 20.1 Å². The van der Waals surface area contributed by atoms with E-state index in [0.29, 0.717) is 12.8 Å². The van der Waals surface area contributed by atoms with Gasteiger partial charge in [-0.1, -0.05) is 18.2 Å². The maximum atomic E-state index is 13.2. The summed E-state index contributed by atoms with van der Waals surface area (Å²) in [5.74, 6) is -0.224. The number of halogens is 3. The van der Waals surface area contributed by atoms with Crippen LogP contribution in [0.1, 0.15) is 34.7 Å². The van der Waals surface area contributed by atoms with E-state index >= 15 is 0 Å². The van der Waals surface area contributed by atoms with Crippen LogP contribution in [0.3, 0.4) is 0 Å². The van der Waals surface area contributed by atoms with Crippen LogP contribution in [0, 0.1) is 12.8 Å². The van der Waals surface area contributed by atoms with Crippen molar-refractivity contribution in [1.29, 1.82) is 0 Å². The largest absolute Gasteiger partial charge is 0.416 e. The standard InChI is InChI=1S/C20H24F3N3OS/c1-14-24-17(13-28-14)12-26-9-7-15(8-10-26)19(27)25(2)11-16-5-3-4-6-18(16)20(21,22)23/h3-6,13,15H,7-12H2,1-2H3. The molecule has 8 heteroatoms. The second-order valence-corrected chi connectivity index (χ2v) is 8.32. The number of benzene rings is 1. The lowest BCUT2D eigenvalue weighted by molar-refractivity contribution is -0.141. The first kappa shape index (κ1) is 20.8. The van der Waals surface area contributed by atoms with Gasteiger partial charge in [0.15, 0.2) is 0 Å². The van der Waals surface area contributed by atoms with E-state index in [9.17, 15) is 18.0 Å². The molecule has 1 aliphatic rings. The van der Waals surface area contributed by atoms with E-state index in [1.54, 1.807) is 24.5 Å². The van der Waals surface area contributed by atoms with Gasteiger partial charge in [0.1, 0.15) is 0 Å². The molecule has 1 aromatic heterocycles. The SMILES string of the molecule is Cc1nc(CN2CCC(C(=O)N(C)Cc3ccccc3C(F)(F)F)CC2)cs1. The summed E-state index contributed by atoms with van der Waals surface area (Å²) in [6.45, 7) is 4.30. The fourth-order valence-corrected chi connectivity index (χ4v) is 4.23. The second-order valence-electron chi connectivity index (χ2n) is 7.26. The number of alkyl halides is 3. The lowest BCUT2D eigenvalue weighted by Gasteiger charge is -2.33. The van der Waals surface area contributed by atoms with Gasteiger partial charge in [0.2, 0.25) is 5.91 Å². The molecule has 0 bridgehead atoms. The Labute approximate surface area is 167 Å². The van der Waals surface area contributed by atoms with E-state index in [-0.39, 0.29) is 23.9 Å². The Kier molecular flexibility index (Phi) is 6.40.